The largest absolute Gasteiger partial charge is 0.494 e. The quantitative estimate of drug-likeness (QED) is 0.204. The number of hydrogen-bond donors (Lipinski definition) is 1. The summed E-state index contributed by atoms with van der Waals surface area (Å²) in [5.74, 6) is 0.133. The Hall–Kier alpha value is -1.51. The molecule has 0 atom stereocenters. The molecule has 30 heavy (non-hydrogen) atoms. The summed E-state index contributed by atoms with van der Waals surface area (Å²) < 4.78 is 5.79. The molecule has 0 aromatic heterocycles. The Morgan fingerprint density at radius 2 is 1.13 bits per heavy atom. The van der Waals surface area contributed by atoms with Gasteiger partial charge in [-0.1, -0.05) is 115 Å². The van der Waals surface area contributed by atoms with E-state index < -0.39 is 5.97 Å². The minimum Gasteiger partial charge on any atom is -0.494 e. The highest BCUT2D eigenvalue weighted by atomic mass is 16.5. The van der Waals surface area contributed by atoms with Crippen LogP contribution in [0, 0.1) is 0 Å². The normalized spacial score (nSPS) is 11.0. The Balaban J connectivity index is 1.82. The van der Waals surface area contributed by atoms with Gasteiger partial charge in [0.1, 0.15) is 5.75 Å². The minimum atomic E-state index is -0.751. The zero-order chi connectivity index (χ0) is 21.7. The maximum absolute atomic E-state index is 10.6. The topological polar surface area (TPSA) is 46.5 Å². The molecule has 0 heterocycles. The maximum atomic E-state index is 10.6. The summed E-state index contributed by atoms with van der Waals surface area (Å²) >= 11 is 0. The average molecular weight is 419 g/mol. The van der Waals surface area contributed by atoms with E-state index in [1.54, 1.807) is 0 Å². The number of unbranched alkanes of at least 4 members (excludes halogenated alkanes) is 15. The van der Waals surface area contributed by atoms with Crippen molar-refractivity contribution in [1.82, 2.24) is 0 Å². The lowest BCUT2D eigenvalue weighted by molar-refractivity contribution is -0.136. The van der Waals surface area contributed by atoms with E-state index in [2.05, 4.69) is 6.92 Å². The SMILES string of the molecule is CCCCCCCCCCCCCCCCCCOc1ccc(CCC(=O)O)cc1. The van der Waals surface area contributed by atoms with E-state index >= 15 is 0 Å². The van der Waals surface area contributed by atoms with Crippen molar-refractivity contribution in [2.24, 2.45) is 0 Å². The lowest BCUT2D eigenvalue weighted by Gasteiger charge is -2.07. The van der Waals surface area contributed by atoms with Crippen molar-refractivity contribution in [2.45, 2.75) is 122 Å². The first-order valence-corrected chi connectivity index (χ1v) is 12.7. The molecule has 172 valence electrons. The first kappa shape index (κ1) is 26.5. The Morgan fingerprint density at radius 3 is 1.57 bits per heavy atom. The monoisotopic (exact) mass is 418 g/mol. The van der Waals surface area contributed by atoms with E-state index in [0.717, 1.165) is 24.3 Å². The number of aliphatic carboxylic acids is 1. The summed E-state index contributed by atoms with van der Waals surface area (Å²) in [7, 11) is 0. The third kappa shape index (κ3) is 16.3. The average Bonchev–Trinajstić information content (AvgIpc) is 2.75. The van der Waals surface area contributed by atoms with Crippen LogP contribution in [0.15, 0.2) is 24.3 Å². The Kier molecular flexibility index (Phi) is 17.2. The van der Waals surface area contributed by atoms with Gasteiger partial charge < -0.3 is 9.84 Å². The van der Waals surface area contributed by atoms with Crippen molar-refractivity contribution >= 4 is 5.97 Å². The molecule has 0 spiro atoms. The van der Waals surface area contributed by atoms with Crippen molar-refractivity contribution in [3.63, 3.8) is 0 Å². The van der Waals surface area contributed by atoms with E-state index in [-0.39, 0.29) is 6.42 Å². The lowest BCUT2D eigenvalue weighted by atomic mass is 10.0. The summed E-state index contributed by atoms with van der Waals surface area (Å²) in [5, 5.41) is 8.72. The Morgan fingerprint density at radius 1 is 0.700 bits per heavy atom. The van der Waals surface area contributed by atoms with Gasteiger partial charge in [-0.25, -0.2) is 0 Å². The van der Waals surface area contributed by atoms with Crippen LogP contribution in [0.5, 0.6) is 5.75 Å². The molecule has 0 saturated carbocycles. The van der Waals surface area contributed by atoms with Crippen LogP contribution in [0.4, 0.5) is 0 Å². The highest BCUT2D eigenvalue weighted by Crippen LogP contribution is 2.16. The van der Waals surface area contributed by atoms with Crippen molar-refractivity contribution in [2.75, 3.05) is 6.61 Å². The molecule has 0 aliphatic heterocycles. The molecule has 0 aliphatic carbocycles. The zero-order valence-corrected chi connectivity index (χ0v) is 19.5. The van der Waals surface area contributed by atoms with Crippen molar-refractivity contribution in [3.8, 4) is 5.75 Å². The first-order chi connectivity index (χ1) is 14.7. The fourth-order valence-corrected chi connectivity index (χ4v) is 3.84. The standard InChI is InChI=1S/C27H46O3/c1-2-3-4-5-6-7-8-9-10-11-12-13-14-15-16-17-24-30-26-21-18-25(19-22-26)20-23-27(28)29/h18-19,21-22H,2-17,20,23-24H2,1H3,(H,28,29). The molecule has 3 nitrogen and oxygen atoms in total. The molecule has 0 bridgehead atoms. The number of aryl methyl sites for hydroxylation is 1. The molecule has 1 N–H and O–H groups in total. The van der Waals surface area contributed by atoms with Crippen molar-refractivity contribution in [3.05, 3.63) is 29.8 Å². The molecule has 0 radical (unpaired) electrons. The lowest BCUT2D eigenvalue weighted by Crippen LogP contribution is -1.99. The molecule has 3 heteroatoms. The van der Waals surface area contributed by atoms with E-state index in [4.69, 9.17) is 9.84 Å². The zero-order valence-electron chi connectivity index (χ0n) is 19.5. The van der Waals surface area contributed by atoms with E-state index in [1.807, 2.05) is 24.3 Å². The molecule has 0 saturated heterocycles. The van der Waals surface area contributed by atoms with E-state index in [9.17, 15) is 4.79 Å². The molecular formula is C27H46O3. The summed E-state index contributed by atoms with van der Waals surface area (Å²) in [4.78, 5) is 10.6. The predicted octanol–water partition coefficient (Wildman–Crippen LogP) is 8.34. The van der Waals surface area contributed by atoms with Crippen LogP contribution < -0.4 is 4.74 Å². The third-order valence-electron chi connectivity index (χ3n) is 5.82. The fourth-order valence-electron chi connectivity index (χ4n) is 3.84. The van der Waals surface area contributed by atoms with Crippen LogP contribution in [-0.2, 0) is 11.2 Å². The van der Waals surface area contributed by atoms with Crippen molar-refractivity contribution in [1.29, 1.82) is 0 Å². The molecule has 0 aliphatic rings. The smallest absolute Gasteiger partial charge is 0.303 e. The fraction of sp³-hybridized carbons (Fsp3) is 0.741. The maximum Gasteiger partial charge on any atom is 0.303 e. The van der Waals surface area contributed by atoms with E-state index in [1.165, 1.54) is 96.3 Å². The molecule has 1 aromatic carbocycles. The number of carboxylic acids is 1. The van der Waals surface area contributed by atoms with Crippen LogP contribution in [0.2, 0.25) is 0 Å². The summed E-state index contributed by atoms with van der Waals surface area (Å²) in [5.41, 5.74) is 1.05. The third-order valence-corrected chi connectivity index (χ3v) is 5.82. The highest BCUT2D eigenvalue weighted by Gasteiger charge is 2.00. The van der Waals surface area contributed by atoms with Gasteiger partial charge in [0.25, 0.3) is 0 Å². The molecule has 0 amide bonds. The van der Waals surface area contributed by atoms with Gasteiger partial charge in [0, 0.05) is 6.42 Å². The number of rotatable bonds is 21. The van der Waals surface area contributed by atoms with Gasteiger partial charge in [0.15, 0.2) is 0 Å². The van der Waals surface area contributed by atoms with Gasteiger partial charge >= 0.3 is 5.97 Å². The van der Waals surface area contributed by atoms with Crippen molar-refractivity contribution < 1.29 is 14.6 Å². The van der Waals surface area contributed by atoms with Crippen LogP contribution >= 0.6 is 0 Å². The summed E-state index contributed by atoms with van der Waals surface area (Å²) in [6.45, 7) is 3.05. The van der Waals surface area contributed by atoms with E-state index in [0.29, 0.717) is 6.42 Å². The van der Waals surface area contributed by atoms with Gasteiger partial charge in [-0.2, -0.15) is 0 Å². The number of ether oxygens (including phenoxy) is 1. The van der Waals surface area contributed by atoms with Crippen LogP contribution in [0.3, 0.4) is 0 Å². The number of benzene rings is 1. The van der Waals surface area contributed by atoms with Gasteiger partial charge in [-0.05, 0) is 30.5 Å². The van der Waals surface area contributed by atoms with Gasteiger partial charge in [-0.3, -0.25) is 4.79 Å². The second-order valence-electron chi connectivity index (χ2n) is 8.69. The Labute approximate surface area is 185 Å². The number of carboxylic acid groups (broad SMARTS) is 1. The number of carbonyl (C=O) groups is 1. The molecule has 1 rings (SSSR count). The highest BCUT2D eigenvalue weighted by molar-refractivity contribution is 5.67. The summed E-state index contributed by atoms with van der Waals surface area (Å²) in [6.07, 6.45) is 22.8. The minimum absolute atomic E-state index is 0.180. The molecule has 1 aromatic rings. The van der Waals surface area contributed by atoms with Crippen LogP contribution in [0.25, 0.3) is 0 Å². The second-order valence-corrected chi connectivity index (χ2v) is 8.69. The van der Waals surface area contributed by atoms with Gasteiger partial charge in [0.05, 0.1) is 6.61 Å². The van der Waals surface area contributed by atoms with Gasteiger partial charge in [0.2, 0.25) is 0 Å². The summed E-state index contributed by atoms with van der Waals surface area (Å²) in [6, 6.07) is 7.82. The first-order valence-electron chi connectivity index (χ1n) is 12.7. The second kappa shape index (κ2) is 19.5. The molecular weight excluding hydrogens is 372 g/mol. The molecule has 0 fully saturated rings. The number of hydrogen-bond acceptors (Lipinski definition) is 2. The van der Waals surface area contributed by atoms with Crippen LogP contribution in [-0.4, -0.2) is 17.7 Å². The Bertz CT molecular complexity index is 509. The molecule has 0 unspecified atom stereocenters. The van der Waals surface area contributed by atoms with Crippen LogP contribution in [0.1, 0.15) is 122 Å². The van der Waals surface area contributed by atoms with Gasteiger partial charge in [-0.15, -0.1) is 0 Å². The predicted molar refractivity (Wildman–Crippen MR) is 127 cm³/mol.